The van der Waals surface area contributed by atoms with Crippen LogP contribution in [-0.2, 0) is 0 Å². The molecule has 14 heavy (non-hydrogen) atoms. The normalized spacial score (nSPS) is 14.7. The van der Waals surface area contributed by atoms with Gasteiger partial charge >= 0.3 is 6.09 Å². The van der Waals surface area contributed by atoms with E-state index in [0.717, 1.165) is 19.5 Å². The number of hydrogen-bond acceptors (Lipinski definition) is 4. The highest BCUT2D eigenvalue weighted by Gasteiger charge is 2.21. The van der Waals surface area contributed by atoms with E-state index >= 15 is 0 Å². The van der Waals surface area contributed by atoms with Crippen LogP contribution in [0, 0.1) is 0 Å². The summed E-state index contributed by atoms with van der Waals surface area (Å²) < 4.78 is 5.04. The van der Waals surface area contributed by atoms with E-state index in [9.17, 15) is 4.79 Å². The molecular weight excluding hydrogens is 182 g/mol. The molecule has 2 rings (SSSR count). The zero-order chi connectivity index (χ0) is 9.97. The third-order valence-corrected chi connectivity index (χ3v) is 2.08. The zero-order valence-corrected chi connectivity index (χ0v) is 7.64. The minimum absolute atomic E-state index is 0.317. The number of nitrogens with zero attached hydrogens (tertiary/aromatic N) is 2. The summed E-state index contributed by atoms with van der Waals surface area (Å²) in [4.78, 5) is 16.8. The number of ether oxygens (including phenoxy) is 1. The van der Waals surface area contributed by atoms with Crippen LogP contribution in [0.25, 0.3) is 0 Å². The van der Waals surface area contributed by atoms with Gasteiger partial charge < -0.3 is 15.4 Å². The molecule has 0 aliphatic carbocycles. The van der Waals surface area contributed by atoms with Crippen molar-refractivity contribution in [3.8, 4) is 5.75 Å². The molecule has 0 radical (unpaired) electrons. The van der Waals surface area contributed by atoms with Gasteiger partial charge in [0, 0.05) is 13.1 Å². The fourth-order valence-electron chi connectivity index (χ4n) is 1.12. The summed E-state index contributed by atoms with van der Waals surface area (Å²) in [5, 5.41) is 0. The van der Waals surface area contributed by atoms with Crippen molar-refractivity contribution in [2.24, 2.45) is 0 Å². The Hall–Kier alpha value is -1.78. The van der Waals surface area contributed by atoms with Crippen LogP contribution in [-0.4, -0.2) is 29.1 Å². The number of amides is 1. The smallest absolute Gasteiger partial charge is 0.409 e. The number of aromatic nitrogens is 1. The second kappa shape index (κ2) is 3.53. The first-order chi connectivity index (χ1) is 6.75. The van der Waals surface area contributed by atoms with E-state index in [0.29, 0.717) is 11.6 Å². The van der Waals surface area contributed by atoms with Crippen LogP contribution in [0.3, 0.4) is 0 Å². The van der Waals surface area contributed by atoms with Gasteiger partial charge in [-0.1, -0.05) is 0 Å². The molecular formula is C9H11N3O2. The lowest BCUT2D eigenvalue weighted by molar-refractivity contribution is 0.125. The number of nitrogen functional groups attached to an aromatic ring is 1. The summed E-state index contributed by atoms with van der Waals surface area (Å²) in [6, 6.07) is 3.22. The highest BCUT2D eigenvalue weighted by Crippen LogP contribution is 2.14. The zero-order valence-electron chi connectivity index (χ0n) is 7.64. The lowest BCUT2D eigenvalue weighted by Crippen LogP contribution is -2.43. The summed E-state index contributed by atoms with van der Waals surface area (Å²) in [5.74, 6) is 0.838. The lowest BCUT2D eigenvalue weighted by Gasteiger charge is -2.29. The number of anilines is 1. The Kier molecular flexibility index (Phi) is 2.22. The monoisotopic (exact) mass is 193 g/mol. The standard InChI is InChI=1S/C9H11N3O2/c10-8-3-2-7(6-11-8)14-9(13)12-4-1-5-12/h2-3,6H,1,4-5H2,(H2,10,11). The maximum atomic E-state index is 11.3. The molecule has 74 valence electrons. The molecule has 5 heteroatoms. The second-order valence-electron chi connectivity index (χ2n) is 3.13. The quantitative estimate of drug-likeness (QED) is 0.718. The van der Waals surface area contributed by atoms with Gasteiger partial charge in [0.1, 0.15) is 5.82 Å². The molecule has 0 atom stereocenters. The van der Waals surface area contributed by atoms with Gasteiger partial charge in [0.05, 0.1) is 6.20 Å². The molecule has 1 aromatic rings. The Bertz CT molecular complexity index is 332. The van der Waals surface area contributed by atoms with Crippen molar-refractivity contribution >= 4 is 11.9 Å². The molecule has 0 aromatic carbocycles. The van der Waals surface area contributed by atoms with E-state index in [1.165, 1.54) is 6.20 Å². The van der Waals surface area contributed by atoms with Crippen molar-refractivity contribution in [3.05, 3.63) is 18.3 Å². The van der Waals surface area contributed by atoms with Crippen LogP contribution < -0.4 is 10.5 Å². The number of carbonyl (C=O) groups excluding carboxylic acids is 1. The second-order valence-corrected chi connectivity index (χ2v) is 3.13. The van der Waals surface area contributed by atoms with Crippen LogP contribution in [0.4, 0.5) is 10.6 Å². The van der Waals surface area contributed by atoms with E-state index in [4.69, 9.17) is 10.5 Å². The van der Waals surface area contributed by atoms with Gasteiger partial charge in [-0.25, -0.2) is 9.78 Å². The van der Waals surface area contributed by atoms with Gasteiger partial charge in [-0.15, -0.1) is 0 Å². The van der Waals surface area contributed by atoms with Crippen LogP contribution in [0.1, 0.15) is 6.42 Å². The van der Waals surface area contributed by atoms with Gasteiger partial charge in [-0.3, -0.25) is 0 Å². The molecule has 5 nitrogen and oxygen atoms in total. The first-order valence-corrected chi connectivity index (χ1v) is 4.44. The molecule has 0 bridgehead atoms. The Morgan fingerprint density at radius 2 is 2.29 bits per heavy atom. The van der Waals surface area contributed by atoms with Crippen LogP contribution in [0.5, 0.6) is 5.75 Å². The Labute approximate surface area is 81.5 Å². The topological polar surface area (TPSA) is 68.5 Å². The molecule has 2 heterocycles. The minimum atomic E-state index is -0.317. The van der Waals surface area contributed by atoms with E-state index < -0.39 is 0 Å². The third-order valence-electron chi connectivity index (χ3n) is 2.08. The maximum absolute atomic E-state index is 11.3. The molecule has 0 spiro atoms. The summed E-state index contributed by atoms with van der Waals surface area (Å²) in [7, 11) is 0. The molecule has 1 aliphatic rings. The molecule has 1 aliphatic heterocycles. The molecule has 1 aromatic heterocycles. The SMILES string of the molecule is Nc1ccc(OC(=O)N2CCC2)cn1. The number of rotatable bonds is 1. The molecule has 1 amide bonds. The average Bonchev–Trinajstić information content (AvgIpc) is 2.06. The largest absolute Gasteiger partial charge is 0.415 e. The first kappa shape index (κ1) is 8.80. The third kappa shape index (κ3) is 1.76. The van der Waals surface area contributed by atoms with Gasteiger partial charge in [0.2, 0.25) is 0 Å². The highest BCUT2D eigenvalue weighted by molar-refractivity contribution is 5.71. The van der Waals surface area contributed by atoms with E-state index in [1.807, 2.05) is 0 Å². The Balaban J connectivity index is 1.96. The van der Waals surface area contributed by atoms with E-state index in [2.05, 4.69) is 4.98 Å². The van der Waals surface area contributed by atoms with Gasteiger partial charge in [0.25, 0.3) is 0 Å². The number of nitrogens with two attached hydrogens (primary N) is 1. The van der Waals surface area contributed by atoms with Crippen molar-refractivity contribution in [2.75, 3.05) is 18.8 Å². The lowest BCUT2D eigenvalue weighted by atomic mass is 10.2. The molecule has 2 N–H and O–H groups in total. The molecule has 1 saturated heterocycles. The van der Waals surface area contributed by atoms with Crippen LogP contribution >= 0.6 is 0 Å². The predicted octanol–water partition coefficient (Wildman–Crippen LogP) is 0.868. The van der Waals surface area contributed by atoms with Gasteiger partial charge in [-0.05, 0) is 18.6 Å². The summed E-state index contributed by atoms with van der Waals surface area (Å²) in [6.45, 7) is 1.56. The highest BCUT2D eigenvalue weighted by atomic mass is 16.6. The average molecular weight is 193 g/mol. The molecule has 0 saturated carbocycles. The van der Waals surface area contributed by atoms with Crippen molar-refractivity contribution in [2.45, 2.75) is 6.42 Å². The summed E-state index contributed by atoms with van der Waals surface area (Å²) >= 11 is 0. The maximum Gasteiger partial charge on any atom is 0.415 e. The van der Waals surface area contributed by atoms with Crippen LogP contribution in [0.15, 0.2) is 18.3 Å². The van der Waals surface area contributed by atoms with Gasteiger partial charge in [0.15, 0.2) is 5.75 Å². The predicted molar refractivity (Wildman–Crippen MR) is 50.9 cm³/mol. The summed E-state index contributed by atoms with van der Waals surface area (Å²) in [5.41, 5.74) is 5.39. The number of hydrogen-bond donors (Lipinski definition) is 1. The van der Waals surface area contributed by atoms with Crippen molar-refractivity contribution in [1.29, 1.82) is 0 Å². The summed E-state index contributed by atoms with van der Waals surface area (Å²) in [6.07, 6.45) is 2.17. The molecule has 1 fully saturated rings. The first-order valence-electron chi connectivity index (χ1n) is 4.44. The Morgan fingerprint density at radius 1 is 1.50 bits per heavy atom. The van der Waals surface area contributed by atoms with Crippen molar-refractivity contribution in [3.63, 3.8) is 0 Å². The fourth-order valence-corrected chi connectivity index (χ4v) is 1.12. The fraction of sp³-hybridized carbons (Fsp3) is 0.333. The number of carbonyl (C=O) groups is 1. The van der Waals surface area contributed by atoms with E-state index in [-0.39, 0.29) is 6.09 Å². The molecule has 0 unspecified atom stereocenters. The number of pyridine rings is 1. The van der Waals surface area contributed by atoms with Gasteiger partial charge in [-0.2, -0.15) is 0 Å². The van der Waals surface area contributed by atoms with Crippen molar-refractivity contribution < 1.29 is 9.53 Å². The van der Waals surface area contributed by atoms with E-state index in [1.54, 1.807) is 17.0 Å². The van der Waals surface area contributed by atoms with Crippen LogP contribution in [0.2, 0.25) is 0 Å². The Morgan fingerprint density at radius 3 is 2.79 bits per heavy atom. The van der Waals surface area contributed by atoms with Crippen molar-refractivity contribution in [1.82, 2.24) is 9.88 Å². The number of likely N-dealkylation sites (tertiary alicyclic amines) is 1. The minimum Gasteiger partial charge on any atom is -0.409 e.